The topological polar surface area (TPSA) is 74.2 Å². The molecule has 1 heterocycles. The maximum atomic E-state index is 12.5. The molecule has 5 rings (SSSR count). The van der Waals surface area contributed by atoms with Crippen LogP contribution in [0.1, 0.15) is 67.9 Å². The summed E-state index contributed by atoms with van der Waals surface area (Å²) in [6, 6.07) is 11.8. The maximum Gasteiger partial charge on any atom is 0.337 e. The first-order chi connectivity index (χ1) is 18.1. The lowest BCUT2D eigenvalue weighted by Gasteiger charge is -2.43. The maximum absolute atomic E-state index is 12.5. The largest absolute Gasteiger partial charge is 0.591 e. The third-order valence-electron chi connectivity index (χ3n) is 8.26. The Morgan fingerprint density at radius 1 is 1.29 bits per heavy atom. The standard InChI is InChI=1S/C30H37ClN2O4S/c1-29(2,3)38(35)32-16-22-7-8-23(22)17-33-18-30(13-5-6-20-14-24(31)10-11-25(20)30)19-37-27-12-9-21(15-26(27)33)28(34)36-4/h9-12,14-16,22-23H,5-8,13,17-19H2,1-4H3/b32-16+/t22-,23-,30-,38+/m0/s1. The van der Waals surface area contributed by atoms with Gasteiger partial charge in [-0.25, -0.2) is 4.79 Å². The van der Waals surface area contributed by atoms with E-state index in [-0.39, 0.29) is 22.0 Å². The molecule has 1 aliphatic heterocycles. The van der Waals surface area contributed by atoms with Gasteiger partial charge in [0.15, 0.2) is 0 Å². The molecule has 0 amide bonds. The summed E-state index contributed by atoms with van der Waals surface area (Å²) in [4.78, 5) is 14.8. The van der Waals surface area contributed by atoms with Crippen LogP contribution in [0.5, 0.6) is 5.75 Å². The molecule has 1 fully saturated rings. The van der Waals surface area contributed by atoms with Crippen LogP contribution in [0.3, 0.4) is 0 Å². The van der Waals surface area contributed by atoms with E-state index in [1.54, 1.807) is 6.07 Å². The number of carbonyl (C=O) groups is 1. The predicted octanol–water partition coefficient (Wildman–Crippen LogP) is 6.16. The highest BCUT2D eigenvalue weighted by Crippen LogP contribution is 2.46. The number of hydrogen-bond donors (Lipinski definition) is 0. The van der Waals surface area contributed by atoms with Crippen LogP contribution in [-0.2, 0) is 27.9 Å². The number of esters is 1. The predicted molar refractivity (Wildman–Crippen MR) is 154 cm³/mol. The molecule has 3 aliphatic rings. The second-order valence-electron chi connectivity index (χ2n) is 11.9. The van der Waals surface area contributed by atoms with Crippen LogP contribution in [0, 0.1) is 11.8 Å². The molecule has 4 atom stereocenters. The number of nitrogens with zero attached hydrogens (tertiary/aromatic N) is 2. The lowest BCUT2D eigenvalue weighted by atomic mass is 9.69. The Morgan fingerprint density at radius 3 is 2.82 bits per heavy atom. The van der Waals surface area contributed by atoms with Gasteiger partial charge in [0.25, 0.3) is 0 Å². The zero-order chi connectivity index (χ0) is 27.1. The second kappa shape index (κ2) is 10.7. The molecule has 2 aromatic carbocycles. The molecule has 0 aromatic heterocycles. The Bertz CT molecular complexity index is 1230. The van der Waals surface area contributed by atoms with Crippen molar-refractivity contribution in [2.45, 2.75) is 63.0 Å². The Labute approximate surface area is 234 Å². The van der Waals surface area contributed by atoms with E-state index in [9.17, 15) is 9.35 Å². The van der Waals surface area contributed by atoms with Crippen molar-refractivity contribution in [1.29, 1.82) is 0 Å². The van der Waals surface area contributed by atoms with Gasteiger partial charge in [-0.05, 0) is 100 Å². The minimum atomic E-state index is -1.26. The first-order valence-corrected chi connectivity index (χ1v) is 14.9. The van der Waals surface area contributed by atoms with Crippen molar-refractivity contribution in [3.63, 3.8) is 0 Å². The molecule has 1 saturated carbocycles. The van der Waals surface area contributed by atoms with E-state index in [1.807, 2.05) is 45.2 Å². The van der Waals surface area contributed by atoms with Gasteiger partial charge in [-0.2, -0.15) is 0 Å². The fourth-order valence-electron chi connectivity index (χ4n) is 5.95. The van der Waals surface area contributed by atoms with Crippen molar-refractivity contribution < 1.29 is 18.8 Å². The van der Waals surface area contributed by atoms with Crippen molar-refractivity contribution in [2.75, 3.05) is 31.7 Å². The molecule has 38 heavy (non-hydrogen) atoms. The van der Waals surface area contributed by atoms with Gasteiger partial charge in [0.2, 0.25) is 0 Å². The fraction of sp³-hybridized carbons (Fsp3) is 0.533. The molecular weight excluding hydrogens is 520 g/mol. The molecule has 0 N–H and O–H groups in total. The molecule has 2 aliphatic carbocycles. The van der Waals surface area contributed by atoms with E-state index in [0.717, 1.165) is 61.7 Å². The van der Waals surface area contributed by atoms with Crippen LogP contribution in [0.25, 0.3) is 0 Å². The third kappa shape index (κ3) is 5.43. The van der Waals surface area contributed by atoms with E-state index < -0.39 is 11.4 Å². The SMILES string of the molecule is COC(=O)c1ccc2c(c1)N(C[C@@H]1CC[C@H]1/C=N/[S@+]([O-])C(C)(C)C)C[C@@]1(CCCc3cc(Cl)ccc31)CO2. The molecule has 1 spiro atoms. The Hall–Kier alpha value is -2.22. The molecule has 6 nitrogen and oxygen atoms in total. The lowest BCUT2D eigenvalue weighted by Crippen LogP contribution is -2.48. The molecule has 2 aromatic rings. The minimum Gasteiger partial charge on any atom is -0.591 e. The number of aryl methyl sites for hydroxylation is 1. The Morgan fingerprint density at radius 2 is 2.11 bits per heavy atom. The van der Waals surface area contributed by atoms with Crippen molar-refractivity contribution in [3.8, 4) is 5.75 Å². The van der Waals surface area contributed by atoms with Crippen LogP contribution in [0.2, 0.25) is 5.02 Å². The van der Waals surface area contributed by atoms with Gasteiger partial charge >= 0.3 is 5.97 Å². The van der Waals surface area contributed by atoms with Crippen LogP contribution in [0.15, 0.2) is 40.8 Å². The quantitative estimate of drug-likeness (QED) is 0.250. The number of fused-ring (bicyclic) bond motifs is 3. The van der Waals surface area contributed by atoms with Gasteiger partial charge in [0.1, 0.15) is 21.9 Å². The summed E-state index contributed by atoms with van der Waals surface area (Å²) in [6.45, 7) is 8.00. The molecule has 0 radical (unpaired) electrons. The number of rotatable bonds is 5. The zero-order valence-corrected chi connectivity index (χ0v) is 24.2. The number of anilines is 1. The Balaban J connectivity index is 1.48. The zero-order valence-electron chi connectivity index (χ0n) is 22.7. The van der Waals surface area contributed by atoms with E-state index in [4.69, 9.17) is 21.1 Å². The number of benzene rings is 2. The average molecular weight is 557 g/mol. The van der Waals surface area contributed by atoms with Crippen molar-refractivity contribution in [3.05, 3.63) is 58.1 Å². The highest BCUT2D eigenvalue weighted by Gasteiger charge is 2.43. The van der Waals surface area contributed by atoms with E-state index in [0.29, 0.717) is 18.1 Å². The summed E-state index contributed by atoms with van der Waals surface area (Å²) in [5.41, 5.74) is 3.87. The minimum absolute atomic E-state index is 0.177. The van der Waals surface area contributed by atoms with Gasteiger partial charge < -0.3 is 18.9 Å². The molecule has 0 bridgehead atoms. The van der Waals surface area contributed by atoms with Gasteiger partial charge in [0, 0.05) is 29.4 Å². The molecule has 0 unspecified atom stereocenters. The molecule has 204 valence electrons. The molecular formula is C30H37ClN2O4S. The first kappa shape index (κ1) is 27.4. The van der Waals surface area contributed by atoms with Crippen LogP contribution in [-0.4, -0.2) is 48.3 Å². The van der Waals surface area contributed by atoms with Gasteiger partial charge in [-0.3, -0.25) is 0 Å². The summed E-state index contributed by atoms with van der Waals surface area (Å²) < 4.78 is 28.1. The number of ether oxygens (including phenoxy) is 2. The highest BCUT2D eigenvalue weighted by molar-refractivity contribution is 7.91. The van der Waals surface area contributed by atoms with E-state index in [1.165, 1.54) is 18.2 Å². The first-order valence-electron chi connectivity index (χ1n) is 13.4. The summed E-state index contributed by atoms with van der Waals surface area (Å²) in [7, 11) is 1.40. The van der Waals surface area contributed by atoms with Crippen LogP contribution >= 0.6 is 11.6 Å². The molecule has 0 saturated heterocycles. The smallest absolute Gasteiger partial charge is 0.337 e. The number of halogens is 1. The summed E-state index contributed by atoms with van der Waals surface area (Å²) in [6.07, 6.45) is 7.16. The second-order valence-corrected chi connectivity index (χ2v) is 14.3. The molecule has 8 heteroatoms. The van der Waals surface area contributed by atoms with Gasteiger partial charge in [-0.1, -0.05) is 22.1 Å². The van der Waals surface area contributed by atoms with Crippen molar-refractivity contribution >= 4 is 40.8 Å². The average Bonchev–Trinajstić information content (AvgIpc) is 3.02. The Kier molecular flexibility index (Phi) is 7.73. The van der Waals surface area contributed by atoms with Crippen LogP contribution in [0.4, 0.5) is 5.69 Å². The number of carbonyl (C=O) groups excluding carboxylic acids is 1. The third-order valence-corrected chi connectivity index (χ3v) is 9.86. The van der Waals surface area contributed by atoms with Crippen LogP contribution < -0.4 is 9.64 Å². The van der Waals surface area contributed by atoms with Gasteiger partial charge in [0.05, 0.1) is 31.2 Å². The summed E-state index contributed by atoms with van der Waals surface area (Å²) in [5.74, 6) is 1.09. The van der Waals surface area contributed by atoms with Crippen molar-refractivity contribution in [2.24, 2.45) is 16.2 Å². The number of methoxy groups -OCH3 is 1. The van der Waals surface area contributed by atoms with Gasteiger partial charge in [-0.15, -0.1) is 0 Å². The highest BCUT2D eigenvalue weighted by atomic mass is 35.5. The lowest BCUT2D eigenvalue weighted by molar-refractivity contribution is 0.0600. The van der Waals surface area contributed by atoms with E-state index >= 15 is 0 Å². The van der Waals surface area contributed by atoms with Crippen molar-refractivity contribution in [1.82, 2.24) is 0 Å². The summed E-state index contributed by atoms with van der Waals surface area (Å²) in [5, 5.41) is 0.766. The summed E-state index contributed by atoms with van der Waals surface area (Å²) >= 11 is 5.11. The fourth-order valence-corrected chi connectivity index (χ4v) is 6.73. The number of hydrogen-bond acceptors (Lipinski definition) is 6. The normalized spacial score (nSPS) is 25.7. The van der Waals surface area contributed by atoms with E-state index in [2.05, 4.69) is 21.4 Å². The monoisotopic (exact) mass is 556 g/mol.